The van der Waals surface area contributed by atoms with Gasteiger partial charge in [-0.1, -0.05) is 41.6 Å². The number of carbonyl (C=O) groups excluding carboxylic acids is 1. The molecular formula is C23H17F2N5O3S. The second-order valence-electron chi connectivity index (χ2n) is 7.22. The number of nitrogens with zero attached hydrogens (tertiary/aromatic N) is 4. The van der Waals surface area contributed by atoms with Crippen LogP contribution < -0.4 is 5.32 Å². The van der Waals surface area contributed by atoms with Crippen molar-refractivity contribution >= 4 is 29.0 Å². The van der Waals surface area contributed by atoms with E-state index in [1.807, 2.05) is 31.2 Å². The summed E-state index contributed by atoms with van der Waals surface area (Å²) in [7, 11) is 0. The first-order chi connectivity index (χ1) is 16.3. The molecule has 0 aliphatic rings. The van der Waals surface area contributed by atoms with Gasteiger partial charge in [0.1, 0.15) is 5.82 Å². The lowest BCUT2D eigenvalue weighted by atomic mass is 10.2. The number of aromatic nitrogens is 3. The molecule has 0 spiro atoms. The van der Waals surface area contributed by atoms with Gasteiger partial charge in [-0.25, -0.2) is 4.39 Å². The maximum absolute atomic E-state index is 14.5. The summed E-state index contributed by atoms with van der Waals surface area (Å²) in [4.78, 5) is 22.5. The summed E-state index contributed by atoms with van der Waals surface area (Å²) in [6.07, 6.45) is 0. The zero-order valence-corrected chi connectivity index (χ0v) is 18.6. The van der Waals surface area contributed by atoms with E-state index in [2.05, 4.69) is 15.5 Å². The van der Waals surface area contributed by atoms with Crippen molar-refractivity contribution in [3.8, 4) is 17.1 Å². The average Bonchev–Trinajstić information content (AvgIpc) is 3.23. The van der Waals surface area contributed by atoms with Crippen LogP contribution in [-0.4, -0.2) is 31.3 Å². The molecule has 34 heavy (non-hydrogen) atoms. The maximum atomic E-state index is 14.5. The SMILES string of the molecule is Cc1ccc(-n2c(SCC(=O)Nc3ccc(F)c([N+](=O)[O-])c3)nnc2-c2ccccc2F)cc1. The van der Waals surface area contributed by atoms with Crippen LogP contribution >= 0.6 is 11.8 Å². The quantitative estimate of drug-likeness (QED) is 0.222. The molecule has 1 N–H and O–H groups in total. The highest BCUT2D eigenvalue weighted by Crippen LogP contribution is 2.30. The summed E-state index contributed by atoms with van der Waals surface area (Å²) in [5.41, 5.74) is 1.33. The minimum absolute atomic E-state index is 0.0887. The number of rotatable bonds is 7. The molecule has 8 nitrogen and oxygen atoms in total. The standard InChI is InChI=1S/C23H17F2N5O3S/c1-14-6-9-16(10-7-14)29-22(17-4-2-3-5-18(17)24)27-28-23(29)34-13-21(31)26-15-8-11-19(25)20(12-15)30(32)33/h2-12H,13H2,1H3,(H,26,31). The number of hydrogen-bond donors (Lipinski definition) is 1. The van der Waals surface area contributed by atoms with Crippen LogP contribution in [0.15, 0.2) is 71.9 Å². The molecule has 172 valence electrons. The average molecular weight is 481 g/mol. The molecular weight excluding hydrogens is 464 g/mol. The van der Waals surface area contributed by atoms with Crippen LogP contribution in [0.1, 0.15) is 5.56 Å². The van der Waals surface area contributed by atoms with Crippen LogP contribution in [0.5, 0.6) is 0 Å². The van der Waals surface area contributed by atoms with Crippen molar-refractivity contribution in [2.75, 3.05) is 11.1 Å². The third-order valence-electron chi connectivity index (χ3n) is 4.80. The van der Waals surface area contributed by atoms with E-state index in [1.54, 1.807) is 22.8 Å². The maximum Gasteiger partial charge on any atom is 0.306 e. The predicted octanol–water partition coefficient (Wildman–Crippen LogP) is 5.16. The van der Waals surface area contributed by atoms with Gasteiger partial charge in [-0.3, -0.25) is 19.5 Å². The van der Waals surface area contributed by atoms with Crippen molar-refractivity contribution in [1.82, 2.24) is 14.8 Å². The van der Waals surface area contributed by atoms with Crippen molar-refractivity contribution in [2.24, 2.45) is 0 Å². The molecule has 0 bridgehead atoms. The zero-order valence-electron chi connectivity index (χ0n) is 17.7. The number of halogens is 2. The minimum Gasteiger partial charge on any atom is -0.325 e. The molecule has 0 radical (unpaired) electrons. The molecule has 0 aliphatic carbocycles. The van der Waals surface area contributed by atoms with Gasteiger partial charge >= 0.3 is 5.69 Å². The molecule has 4 aromatic rings. The first-order valence-corrected chi connectivity index (χ1v) is 11.0. The molecule has 4 rings (SSSR count). The monoisotopic (exact) mass is 481 g/mol. The lowest BCUT2D eigenvalue weighted by Crippen LogP contribution is -2.15. The molecule has 3 aromatic carbocycles. The Morgan fingerprint density at radius 3 is 2.50 bits per heavy atom. The molecule has 0 fully saturated rings. The van der Waals surface area contributed by atoms with Crippen molar-refractivity contribution < 1.29 is 18.5 Å². The first kappa shape index (κ1) is 23.1. The molecule has 0 saturated heterocycles. The minimum atomic E-state index is -0.996. The number of thioether (sulfide) groups is 1. The summed E-state index contributed by atoms with van der Waals surface area (Å²) in [5.74, 6) is -1.79. The second kappa shape index (κ2) is 9.79. The van der Waals surface area contributed by atoms with Gasteiger partial charge in [-0.2, -0.15) is 4.39 Å². The van der Waals surface area contributed by atoms with Crippen molar-refractivity contribution in [2.45, 2.75) is 12.1 Å². The fourth-order valence-corrected chi connectivity index (χ4v) is 3.92. The summed E-state index contributed by atoms with van der Waals surface area (Å²) in [5, 5.41) is 22.1. The molecule has 11 heteroatoms. The lowest BCUT2D eigenvalue weighted by Gasteiger charge is -2.11. The van der Waals surface area contributed by atoms with E-state index in [-0.39, 0.29) is 22.8 Å². The van der Waals surface area contributed by atoms with E-state index in [9.17, 15) is 23.7 Å². The first-order valence-electron chi connectivity index (χ1n) is 9.97. The van der Waals surface area contributed by atoms with Gasteiger partial charge in [0.25, 0.3) is 0 Å². The number of nitro groups is 1. The van der Waals surface area contributed by atoms with E-state index in [1.165, 1.54) is 12.1 Å². The predicted molar refractivity (Wildman–Crippen MR) is 124 cm³/mol. The van der Waals surface area contributed by atoms with Crippen molar-refractivity contribution in [3.63, 3.8) is 0 Å². The number of amides is 1. The number of nitrogens with one attached hydrogen (secondary N) is 1. The third kappa shape index (κ3) is 4.94. The highest BCUT2D eigenvalue weighted by molar-refractivity contribution is 7.99. The van der Waals surface area contributed by atoms with Crippen LogP contribution in [0.25, 0.3) is 17.1 Å². The molecule has 0 aliphatic heterocycles. The summed E-state index contributed by atoms with van der Waals surface area (Å²) >= 11 is 1.06. The second-order valence-corrected chi connectivity index (χ2v) is 8.16. The number of nitro benzene ring substituents is 1. The van der Waals surface area contributed by atoms with Crippen LogP contribution in [-0.2, 0) is 4.79 Å². The fraction of sp³-hybridized carbons (Fsp3) is 0.0870. The van der Waals surface area contributed by atoms with E-state index in [4.69, 9.17) is 0 Å². The summed E-state index contributed by atoms with van der Waals surface area (Å²) in [6.45, 7) is 1.94. The highest BCUT2D eigenvalue weighted by atomic mass is 32.2. The topological polar surface area (TPSA) is 103 Å². The van der Waals surface area contributed by atoms with Gasteiger partial charge < -0.3 is 5.32 Å². The van der Waals surface area contributed by atoms with E-state index >= 15 is 0 Å². The Hall–Kier alpha value is -4.12. The summed E-state index contributed by atoms with van der Waals surface area (Å²) in [6, 6.07) is 16.7. The number of carbonyl (C=O) groups is 1. The normalized spacial score (nSPS) is 10.8. The molecule has 1 amide bonds. The van der Waals surface area contributed by atoms with E-state index in [0.717, 1.165) is 29.5 Å². The van der Waals surface area contributed by atoms with Gasteiger partial charge in [0.15, 0.2) is 11.0 Å². The Bertz CT molecular complexity index is 1380. The Morgan fingerprint density at radius 2 is 1.79 bits per heavy atom. The van der Waals surface area contributed by atoms with Gasteiger partial charge in [-0.05, 0) is 43.3 Å². The van der Waals surface area contributed by atoms with Crippen molar-refractivity contribution in [3.05, 3.63) is 94.0 Å². The van der Waals surface area contributed by atoms with Crippen molar-refractivity contribution in [1.29, 1.82) is 0 Å². The van der Waals surface area contributed by atoms with Gasteiger partial charge in [-0.15, -0.1) is 10.2 Å². The summed E-state index contributed by atoms with van der Waals surface area (Å²) < 4.78 is 29.7. The zero-order chi connectivity index (χ0) is 24.2. The Morgan fingerprint density at radius 1 is 1.06 bits per heavy atom. The van der Waals surface area contributed by atoms with Crippen LogP contribution in [0.3, 0.4) is 0 Å². The van der Waals surface area contributed by atoms with E-state index < -0.39 is 28.2 Å². The molecule has 0 atom stereocenters. The third-order valence-corrected chi connectivity index (χ3v) is 5.73. The van der Waals surface area contributed by atoms with Crippen LogP contribution in [0.2, 0.25) is 0 Å². The Balaban J connectivity index is 1.59. The Kier molecular flexibility index (Phi) is 6.64. The van der Waals surface area contributed by atoms with E-state index in [0.29, 0.717) is 10.8 Å². The molecule has 0 saturated carbocycles. The smallest absolute Gasteiger partial charge is 0.306 e. The largest absolute Gasteiger partial charge is 0.325 e. The Labute approximate surface area is 196 Å². The van der Waals surface area contributed by atoms with Crippen LogP contribution in [0.4, 0.5) is 20.2 Å². The molecule has 1 heterocycles. The van der Waals surface area contributed by atoms with Gasteiger partial charge in [0, 0.05) is 17.4 Å². The number of benzene rings is 3. The highest BCUT2D eigenvalue weighted by Gasteiger charge is 2.20. The number of hydrogen-bond acceptors (Lipinski definition) is 6. The van der Waals surface area contributed by atoms with Gasteiger partial charge in [0.05, 0.1) is 16.2 Å². The number of aryl methyl sites for hydroxylation is 1. The fourth-order valence-electron chi connectivity index (χ4n) is 3.16. The van der Waals surface area contributed by atoms with Crippen LogP contribution in [0, 0.1) is 28.7 Å². The molecule has 1 aromatic heterocycles. The lowest BCUT2D eigenvalue weighted by molar-refractivity contribution is -0.387. The number of anilines is 1. The van der Waals surface area contributed by atoms with Gasteiger partial charge in [0.2, 0.25) is 11.7 Å². The molecule has 0 unspecified atom stereocenters.